The molecule has 1 aliphatic heterocycles. The van der Waals surface area contributed by atoms with Gasteiger partial charge in [-0.05, 0) is 50.5 Å². The summed E-state index contributed by atoms with van der Waals surface area (Å²) in [4.78, 5) is 4.90. The second-order valence-corrected chi connectivity index (χ2v) is 6.37. The molecule has 1 aromatic rings. The standard InChI is InChI=1S/C18H31N3/c1-5-17(19-6-2)16-9-7-8-10-18(16)21(4)14-15-11-12-20(3)13-15/h7-10,15,17,19H,5-6,11-14H2,1-4H3. The summed E-state index contributed by atoms with van der Waals surface area (Å²) in [6, 6.07) is 9.34. The monoisotopic (exact) mass is 289 g/mol. The largest absolute Gasteiger partial charge is 0.374 e. The van der Waals surface area contributed by atoms with Gasteiger partial charge < -0.3 is 15.1 Å². The van der Waals surface area contributed by atoms with Crippen LogP contribution in [-0.4, -0.2) is 45.2 Å². The number of rotatable bonds is 7. The Morgan fingerprint density at radius 3 is 2.71 bits per heavy atom. The molecule has 0 aliphatic carbocycles. The molecule has 3 heteroatoms. The summed E-state index contributed by atoms with van der Waals surface area (Å²) >= 11 is 0. The van der Waals surface area contributed by atoms with E-state index >= 15 is 0 Å². The summed E-state index contributed by atoms with van der Waals surface area (Å²) in [6.45, 7) is 9.10. The van der Waals surface area contributed by atoms with Gasteiger partial charge >= 0.3 is 0 Å². The van der Waals surface area contributed by atoms with Crippen LogP contribution in [0.3, 0.4) is 0 Å². The summed E-state index contributed by atoms with van der Waals surface area (Å²) in [5.74, 6) is 0.798. The summed E-state index contributed by atoms with van der Waals surface area (Å²) in [7, 11) is 4.47. The molecule has 0 aromatic heterocycles. The van der Waals surface area contributed by atoms with Gasteiger partial charge in [0.25, 0.3) is 0 Å². The third kappa shape index (κ3) is 4.21. The fourth-order valence-electron chi connectivity index (χ4n) is 3.51. The minimum Gasteiger partial charge on any atom is -0.374 e. The molecule has 1 aliphatic rings. The Balaban J connectivity index is 2.10. The number of hydrogen-bond donors (Lipinski definition) is 1. The van der Waals surface area contributed by atoms with Gasteiger partial charge in [0.2, 0.25) is 0 Å². The maximum absolute atomic E-state index is 3.61. The van der Waals surface area contributed by atoms with Crippen molar-refractivity contribution in [3.05, 3.63) is 29.8 Å². The lowest BCUT2D eigenvalue weighted by Crippen LogP contribution is -2.29. The fraction of sp³-hybridized carbons (Fsp3) is 0.667. The molecule has 0 saturated carbocycles. The summed E-state index contributed by atoms with van der Waals surface area (Å²) in [6.07, 6.45) is 2.46. The lowest BCUT2D eigenvalue weighted by Gasteiger charge is -2.28. The van der Waals surface area contributed by atoms with E-state index in [0.717, 1.165) is 25.4 Å². The van der Waals surface area contributed by atoms with E-state index < -0.39 is 0 Å². The van der Waals surface area contributed by atoms with Gasteiger partial charge in [-0.3, -0.25) is 0 Å². The van der Waals surface area contributed by atoms with Crippen LogP contribution in [0.5, 0.6) is 0 Å². The zero-order valence-electron chi connectivity index (χ0n) is 14.1. The molecule has 1 saturated heterocycles. The van der Waals surface area contributed by atoms with Gasteiger partial charge in [-0.1, -0.05) is 32.0 Å². The van der Waals surface area contributed by atoms with Crippen LogP contribution in [0.2, 0.25) is 0 Å². The molecule has 2 rings (SSSR count). The highest BCUT2D eigenvalue weighted by Gasteiger charge is 2.22. The van der Waals surface area contributed by atoms with Crippen LogP contribution < -0.4 is 10.2 Å². The maximum Gasteiger partial charge on any atom is 0.0412 e. The quantitative estimate of drug-likeness (QED) is 0.832. The van der Waals surface area contributed by atoms with Gasteiger partial charge in [0.05, 0.1) is 0 Å². The van der Waals surface area contributed by atoms with Crippen molar-refractivity contribution >= 4 is 5.69 Å². The van der Waals surface area contributed by atoms with Crippen molar-refractivity contribution in [2.24, 2.45) is 5.92 Å². The molecule has 1 aromatic carbocycles. The topological polar surface area (TPSA) is 18.5 Å². The Hall–Kier alpha value is -1.06. The van der Waals surface area contributed by atoms with Crippen LogP contribution >= 0.6 is 0 Å². The Morgan fingerprint density at radius 2 is 2.10 bits per heavy atom. The highest BCUT2D eigenvalue weighted by Crippen LogP contribution is 2.29. The van der Waals surface area contributed by atoms with Crippen molar-refractivity contribution in [3.63, 3.8) is 0 Å². The SMILES string of the molecule is CCNC(CC)c1ccccc1N(C)CC1CCN(C)C1. The summed E-state index contributed by atoms with van der Waals surface area (Å²) in [5, 5.41) is 3.61. The lowest BCUT2D eigenvalue weighted by molar-refractivity contribution is 0.395. The minimum atomic E-state index is 0.458. The number of benzene rings is 1. The van der Waals surface area contributed by atoms with Crippen molar-refractivity contribution in [2.45, 2.75) is 32.7 Å². The molecule has 118 valence electrons. The van der Waals surface area contributed by atoms with E-state index in [-0.39, 0.29) is 0 Å². The molecular formula is C18H31N3. The molecule has 1 fully saturated rings. The molecule has 3 nitrogen and oxygen atoms in total. The van der Waals surface area contributed by atoms with Crippen LogP contribution in [0.1, 0.15) is 38.3 Å². The Kier molecular flexibility index (Phi) is 6.07. The van der Waals surface area contributed by atoms with E-state index in [1.54, 1.807) is 0 Å². The predicted octanol–water partition coefficient (Wildman–Crippen LogP) is 3.14. The second-order valence-electron chi connectivity index (χ2n) is 6.37. The molecule has 2 unspecified atom stereocenters. The normalized spacial score (nSPS) is 20.7. The van der Waals surface area contributed by atoms with Crippen molar-refractivity contribution in [3.8, 4) is 0 Å². The zero-order chi connectivity index (χ0) is 15.2. The smallest absolute Gasteiger partial charge is 0.0412 e. The number of hydrogen-bond acceptors (Lipinski definition) is 3. The average molecular weight is 289 g/mol. The van der Waals surface area contributed by atoms with Gasteiger partial charge in [0.1, 0.15) is 0 Å². The number of anilines is 1. The highest BCUT2D eigenvalue weighted by atomic mass is 15.2. The number of nitrogens with zero attached hydrogens (tertiary/aromatic N) is 2. The Morgan fingerprint density at radius 1 is 1.33 bits per heavy atom. The lowest BCUT2D eigenvalue weighted by atomic mass is 10.0. The molecule has 0 spiro atoms. The van der Waals surface area contributed by atoms with Crippen LogP contribution in [0.4, 0.5) is 5.69 Å². The molecule has 0 bridgehead atoms. The van der Waals surface area contributed by atoms with Gasteiger partial charge in [-0.15, -0.1) is 0 Å². The van der Waals surface area contributed by atoms with Crippen LogP contribution in [0.25, 0.3) is 0 Å². The highest BCUT2D eigenvalue weighted by molar-refractivity contribution is 5.54. The van der Waals surface area contributed by atoms with E-state index in [9.17, 15) is 0 Å². The number of nitrogens with one attached hydrogen (secondary N) is 1. The molecule has 0 radical (unpaired) electrons. The predicted molar refractivity (Wildman–Crippen MR) is 92.0 cm³/mol. The van der Waals surface area contributed by atoms with Crippen molar-refractivity contribution < 1.29 is 0 Å². The van der Waals surface area contributed by atoms with E-state index in [2.05, 4.69) is 67.3 Å². The van der Waals surface area contributed by atoms with Gasteiger partial charge in [0, 0.05) is 31.9 Å². The molecule has 0 amide bonds. The van der Waals surface area contributed by atoms with E-state index in [1.165, 1.54) is 30.8 Å². The summed E-state index contributed by atoms with van der Waals surface area (Å²) < 4.78 is 0. The molecule has 1 N–H and O–H groups in total. The molecule has 2 atom stereocenters. The third-order valence-corrected chi connectivity index (χ3v) is 4.60. The van der Waals surface area contributed by atoms with Crippen LogP contribution in [-0.2, 0) is 0 Å². The zero-order valence-corrected chi connectivity index (χ0v) is 14.1. The van der Waals surface area contributed by atoms with Crippen molar-refractivity contribution in [1.82, 2.24) is 10.2 Å². The van der Waals surface area contributed by atoms with E-state index in [0.29, 0.717) is 6.04 Å². The second kappa shape index (κ2) is 7.81. The molecule has 1 heterocycles. The van der Waals surface area contributed by atoms with Gasteiger partial charge in [0.15, 0.2) is 0 Å². The Labute approximate surface area is 130 Å². The third-order valence-electron chi connectivity index (χ3n) is 4.60. The van der Waals surface area contributed by atoms with E-state index in [4.69, 9.17) is 0 Å². The molecule has 21 heavy (non-hydrogen) atoms. The Bertz CT molecular complexity index is 432. The van der Waals surface area contributed by atoms with Gasteiger partial charge in [-0.2, -0.15) is 0 Å². The average Bonchev–Trinajstić information content (AvgIpc) is 2.90. The maximum atomic E-state index is 3.61. The molecular weight excluding hydrogens is 258 g/mol. The number of likely N-dealkylation sites (tertiary alicyclic amines) is 1. The number of para-hydroxylation sites is 1. The first kappa shape index (κ1) is 16.3. The van der Waals surface area contributed by atoms with Crippen molar-refractivity contribution in [1.29, 1.82) is 0 Å². The van der Waals surface area contributed by atoms with Crippen molar-refractivity contribution in [2.75, 3.05) is 45.2 Å². The minimum absolute atomic E-state index is 0.458. The fourth-order valence-corrected chi connectivity index (χ4v) is 3.51. The van der Waals surface area contributed by atoms with Crippen LogP contribution in [0, 0.1) is 5.92 Å². The first-order valence-electron chi connectivity index (χ1n) is 8.37. The first-order valence-corrected chi connectivity index (χ1v) is 8.37. The van der Waals surface area contributed by atoms with E-state index in [1.807, 2.05) is 0 Å². The van der Waals surface area contributed by atoms with Crippen LogP contribution in [0.15, 0.2) is 24.3 Å². The van der Waals surface area contributed by atoms with Gasteiger partial charge in [-0.25, -0.2) is 0 Å². The first-order chi connectivity index (χ1) is 10.2. The summed E-state index contributed by atoms with van der Waals surface area (Å²) in [5.41, 5.74) is 2.83.